The van der Waals surface area contributed by atoms with E-state index in [1.807, 2.05) is 30.3 Å². The zero-order valence-electron chi connectivity index (χ0n) is 21.8. The van der Waals surface area contributed by atoms with Crippen LogP contribution in [0.5, 0.6) is 0 Å². The Kier molecular flexibility index (Phi) is 7.68. The van der Waals surface area contributed by atoms with Crippen LogP contribution >= 0.6 is 0 Å². The summed E-state index contributed by atoms with van der Waals surface area (Å²) in [5.41, 5.74) is -0.258. The smallest absolute Gasteiger partial charge is 0.318 e. The quantitative estimate of drug-likeness (QED) is 0.379. The number of alkyl halides is 1. The molecular weight excluding hydrogens is 507 g/mol. The van der Waals surface area contributed by atoms with Crippen molar-refractivity contribution in [2.75, 3.05) is 19.6 Å². The molecular formula is C29H33F3N5O2. The van der Waals surface area contributed by atoms with E-state index in [-0.39, 0.29) is 24.3 Å². The molecule has 10 heteroatoms. The first-order chi connectivity index (χ1) is 18.6. The number of aromatic nitrogens is 2. The predicted octanol–water partition coefficient (Wildman–Crippen LogP) is 4.23. The summed E-state index contributed by atoms with van der Waals surface area (Å²) in [5, 5.41) is 17.4. The number of imidazole rings is 1. The first kappa shape index (κ1) is 27.2. The van der Waals surface area contributed by atoms with Gasteiger partial charge in [0.05, 0.1) is 11.3 Å². The topological polar surface area (TPSA) is 82.4 Å². The summed E-state index contributed by atoms with van der Waals surface area (Å²) < 4.78 is 45.4. The predicted molar refractivity (Wildman–Crippen MR) is 141 cm³/mol. The summed E-state index contributed by atoms with van der Waals surface area (Å²) >= 11 is 0. The van der Waals surface area contributed by atoms with E-state index in [0.29, 0.717) is 31.8 Å². The molecule has 3 aromatic rings. The number of benzene rings is 2. The molecule has 1 saturated carbocycles. The molecule has 2 fully saturated rings. The normalized spacial score (nSPS) is 20.7. The second-order valence-corrected chi connectivity index (χ2v) is 10.7. The Bertz CT molecular complexity index is 1310. The highest BCUT2D eigenvalue weighted by atomic mass is 19.1. The van der Waals surface area contributed by atoms with Crippen molar-refractivity contribution in [3.05, 3.63) is 84.7 Å². The number of amides is 2. The minimum Gasteiger partial charge on any atom is -0.387 e. The van der Waals surface area contributed by atoms with Gasteiger partial charge in [-0.3, -0.25) is 0 Å². The summed E-state index contributed by atoms with van der Waals surface area (Å²) in [6.07, 6.45) is 1.26. The van der Waals surface area contributed by atoms with Crippen LogP contribution in [0.25, 0.3) is 11.3 Å². The first-order valence-corrected chi connectivity index (χ1v) is 13.2. The molecule has 1 radical (unpaired) electrons. The van der Waals surface area contributed by atoms with Crippen LogP contribution in [-0.4, -0.2) is 63.0 Å². The minimum absolute atomic E-state index is 0.0293. The number of halogens is 3. The molecule has 1 saturated heterocycles. The molecule has 2 heterocycles. The van der Waals surface area contributed by atoms with Crippen molar-refractivity contribution < 1.29 is 23.1 Å². The molecule has 2 amide bonds. The van der Waals surface area contributed by atoms with Gasteiger partial charge in [0.25, 0.3) is 0 Å². The highest BCUT2D eigenvalue weighted by molar-refractivity contribution is 5.75. The van der Waals surface area contributed by atoms with E-state index in [1.165, 1.54) is 4.90 Å². The number of rotatable bonds is 9. The number of nitrogens with one attached hydrogen (secondary N) is 2. The first-order valence-electron chi connectivity index (χ1n) is 13.2. The summed E-state index contributed by atoms with van der Waals surface area (Å²) in [6, 6.07) is 10.7. The Morgan fingerprint density at radius 1 is 1.26 bits per heavy atom. The molecule has 1 aliphatic heterocycles. The fourth-order valence-corrected chi connectivity index (χ4v) is 5.18. The van der Waals surface area contributed by atoms with Crippen molar-refractivity contribution in [1.29, 1.82) is 0 Å². The lowest BCUT2D eigenvalue weighted by atomic mass is 10.0. The van der Waals surface area contributed by atoms with E-state index in [2.05, 4.69) is 17.6 Å². The van der Waals surface area contributed by atoms with Crippen molar-refractivity contribution in [3.8, 4) is 11.3 Å². The van der Waals surface area contributed by atoms with Gasteiger partial charge in [-0.2, -0.15) is 0 Å². The summed E-state index contributed by atoms with van der Waals surface area (Å²) in [6.45, 7) is 6.47. The zero-order valence-corrected chi connectivity index (χ0v) is 21.8. The van der Waals surface area contributed by atoms with Crippen molar-refractivity contribution in [1.82, 2.24) is 25.1 Å². The van der Waals surface area contributed by atoms with E-state index in [9.17, 15) is 23.1 Å². The van der Waals surface area contributed by atoms with Gasteiger partial charge in [-0.25, -0.2) is 22.9 Å². The summed E-state index contributed by atoms with van der Waals surface area (Å²) in [4.78, 5) is 19.7. The van der Waals surface area contributed by atoms with Gasteiger partial charge in [-0.05, 0) is 50.5 Å². The van der Waals surface area contributed by atoms with Crippen LogP contribution in [0.1, 0.15) is 37.2 Å². The van der Waals surface area contributed by atoms with E-state index in [4.69, 9.17) is 4.98 Å². The maximum absolute atomic E-state index is 14.8. The van der Waals surface area contributed by atoms with Crippen LogP contribution in [-0.2, 0) is 6.54 Å². The van der Waals surface area contributed by atoms with Crippen LogP contribution in [0.4, 0.5) is 18.0 Å². The average molecular weight is 541 g/mol. The molecule has 2 aliphatic rings. The van der Waals surface area contributed by atoms with Gasteiger partial charge in [-0.15, -0.1) is 0 Å². The van der Waals surface area contributed by atoms with Gasteiger partial charge in [0, 0.05) is 49.9 Å². The third-order valence-electron chi connectivity index (χ3n) is 7.35. The van der Waals surface area contributed by atoms with E-state index >= 15 is 0 Å². The molecule has 3 N–H and O–H groups in total. The van der Waals surface area contributed by atoms with Gasteiger partial charge in [0.15, 0.2) is 0 Å². The molecule has 1 unspecified atom stereocenters. The fourth-order valence-electron chi connectivity index (χ4n) is 5.18. The van der Waals surface area contributed by atoms with Gasteiger partial charge >= 0.3 is 6.03 Å². The number of aliphatic hydroxyl groups is 1. The maximum atomic E-state index is 14.8. The van der Waals surface area contributed by atoms with E-state index in [1.54, 1.807) is 17.7 Å². The van der Waals surface area contributed by atoms with E-state index < -0.39 is 47.4 Å². The largest absolute Gasteiger partial charge is 0.387 e. The van der Waals surface area contributed by atoms with Gasteiger partial charge in [-0.1, -0.05) is 30.3 Å². The van der Waals surface area contributed by atoms with Gasteiger partial charge in [0.2, 0.25) is 0 Å². The van der Waals surface area contributed by atoms with Crippen LogP contribution in [0.15, 0.2) is 54.7 Å². The Balaban J connectivity index is 1.63. The number of carbonyl (C=O) groups is 1. The Morgan fingerprint density at radius 3 is 2.64 bits per heavy atom. The van der Waals surface area contributed by atoms with Crippen LogP contribution < -0.4 is 10.6 Å². The molecule has 39 heavy (non-hydrogen) atoms. The highest BCUT2D eigenvalue weighted by Crippen LogP contribution is 2.49. The van der Waals surface area contributed by atoms with Crippen LogP contribution in [0, 0.1) is 24.5 Å². The number of hydrogen-bond donors (Lipinski definition) is 3. The molecule has 1 aliphatic carbocycles. The molecule has 0 spiro atoms. The number of carbonyl (C=O) groups excluding carboxylic acids is 1. The zero-order chi connectivity index (χ0) is 27.7. The molecule has 2 aromatic carbocycles. The number of hydrogen-bond acceptors (Lipinski definition) is 4. The fraction of sp³-hybridized carbons (Fsp3) is 0.414. The molecule has 1 aromatic heterocycles. The Labute approximate surface area is 226 Å². The van der Waals surface area contributed by atoms with Crippen molar-refractivity contribution in [2.45, 2.75) is 50.2 Å². The maximum Gasteiger partial charge on any atom is 0.318 e. The lowest BCUT2D eigenvalue weighted by Crippen LogP contribution is -2.51. The Hall–Kier alpha value is -3.37. The number of urea groups is 1. The standard InChI is InChI=1S/C29H33F3N5O2/c1-18(2)34-28(38)37(16-20-13-33-14-24(20)32)26(29(39)10-11-29)27-35-25(22-12-21(30)8-9-23(22)31)17-36(27)15-19-6-4-3-5-7-19/h3-9,12,17-18,20,24,26,33,39H,1,10-11,13-16H2,2H3,(H,34,38)/t18-,20-,24-,26?/m0/s1. The van der Waals surface area contributed by atoms with Gasteiger partial charge < -0.3 is 25.2 Å². The average Bonchev–Trinajstić information content (AvgIpc) is 3.30. The highest BCUT2D eigenvalue weighted by Gasteiger charge is 2.54. The molecule has 0 bridgehead atoms. The third-order valence-corrected chi connectivity index (χ3v) is 7.35. The van der Waals surface area contributed by atoms with Crippen LogP contribution in [0.3, 0.4) is 0 Å². The molecule has 7 nitrogen and oxygen atoms in total. The lowest BCUT2D eigenvalue weighted by Gasteiger charge is -2.37. The summed E-state index contributed by atoms with van der Waals surface area (Å²) in [7, 11) is 0. The molecule has 5 rings (SSSR count). The lowest BCUT2D eigenvalue weighted by molar-refractivity contribution is 0.0295. The molecule has 207 valence electrons. The van der Waals surface area contributed by atoms with Crippen molar-refractivity contribution in [3.63, 3.8) is 0 Å². The third kappa shape index (κ3) is 5.96. The van der Waals surface area contributed by atoms with Crippen LogP contribution in [0.2, 0.25) is 0 Å². The van der Waals surface area contributed by atoms with Gasteiger partial charge in [0.1, 0.15) is 29.7 Å². The second-order valence-electron chi connectivity index (χ2n) is 10.7. The second kappa shape index (κ2) is 11.0. The SMILES string of the molecule is [CH2][C@@H](C)NC(=O)N(C[C@@H]1CNC[C@@H]1F)C(c1nc(-c2cc(F)ccc2F)cn1Cc1ccccc1)C1(O)CC1. The monoisotopic (exact) mass is 540 g/mol. The van der Waals surface area contributed by atoms with Crippen molar-refractivity contribution in [2.24, 2.45) is 5.92 Å². The summed E-state index contributed by atoms with van der Waals surface area (Å²) in [5.74, 6) is -1.44. The molecule has 4 atom stereocenters. The van der Waals surface area contributed by atoms with E-state index in [0.717, 1.165) is 23.8 Å². The Morgan fingerprint density at radius 2 is 2.00 bits per heavy atom. The van der Waals surface area contributed by atoms with Crippen molar-refractivity contribution >= 4 is 6.03 Å². The number of nitrogens with zero attached hydrogens (tertiary/aromatic N) is 3. The minimum atomic E-state index is -1.31.